The highest BCUT2D eigenvalue weighted by molar-refractivity contribution is 7.91. The van der Waals surface area contributed by atoms with Gasteiger partial charge in [-0.25, -0.2) is 8.42 Å². The monoisotopic (exact) mass is 342 g/mol. The largest absolute Gasteiger partial charge is 0.276 e. The molecule has 0 spiro atoms. The van der Waals surface area contributed by atoms with Crippen molar-refractivity contribution in [2.75, 3.05) is 0 Å². The van der Waals surface area contributed by atoms with Crippen molar-refractivity contribution >= 4 is 43.5 Å². The summed E-state index contributed by atoms with van der Waals surface area (Å²) in [4.78, 5) is 22.3. The second-order valence-electron chi connectivity index (χ2n) is 4.11. The fraction of sp³-hybridized carbons (Fsp3) is 0. The predicted molar refractivity (Wildman–Crippen MR) is 78.7 cm³/mol. The maximum atomic E-state index is 12.5. The number of sulfone groups is 1. The van der Waals surface area contributed by atoms with Crippen LogP contribution in [-0.4, -0.2) is 18.9 Å². The number of hydrogen-bond donors (Lipinski definition) is 0. The van der Waals surface area contributed by atoms with E-state index >= 15 is 0 Å². The molecule has 0 aliphatic carbocycles. The van der Waals surface area contributed by atoms with E-state index in [4.69, 9.17) is 23.2 Å². The molecule has 0 aliphatic heterocycles. The van der Waals surface area contributed by atoms with Gasteiger partial charge in [-0.3, -0.25) is 9.59 Å². The first-order valence-electron chi connectivity index (χ1n) is 5.67. The molecule has 0 aliphatic rings. The second kappa shape index (κ2) is 5.97. The SMILES string of the molecule is O=C(Cl)c1cc(C(=O)Cl)cc(S(=O)(=O)c2ccccc2)c1. The predicted octanol–water partition coefficient (Wildman–Crippen LogP) is 3.28. The van der Waals surface area contributed by atoms with E-state index in [0.717, 1.165) is 18.2 Å². The van der Waals surface area contributed by atoms with Gasteiger partial charge in [-0.2, -0.15) is 0 Å². The molecule has 0 radical (unpaired) electrons. The minimum Gasteiger partial charge on any atom is -0.276 e. The molecular formula is C14H8Cl2O4S. The van der Waals surface area contributed by atoms with Crippen molar-refractivity contribution in [2.45, 2.75) is 9.79 Å². The van der Waals surface area contributed by atoms with Crippen LogP contribution in [0.1, 0.15) is 20.7 Å². The summed E-state index contributed by atoms with van der Waals surface area (Å²) in [6, 6.07) is 11.0. The minimum absolute atomic E-state index is 0.0390. The van der Waals surface area contributed by atoms with Crippen LogP contribution in [0.25, 0.3) is 0 Å². The van der Waals surface area contributed by atoms with E-state index in [9.17, 15) is 18.0 Å². The van der Waals surface area contributed by atoms with Crippen LogP contribution in [0.15, 0.2) is 58.3 Å². The smallest absolute Gasteiger partial charge is 0.252 e. The average molecular weight is 343 g/mol. The number of hydrogen-bond acceptors (Lipinski definition) is 4. The number of halogens is 2. The van der Waals surface area contributed by atoms with Gasteiger partial charge in [0.25, 0.3) is 10.5 Å². The highest BCUT2D eigenvalue weighted by atomic mass is 35.5. The highest BCUT2D eigenvalue weighted by Crippen LogP contribution is 2.24. The van der Waals surface area contributed by atoms with Crippen molar-refractivity contribution in [1.82, 2.24) is 0 Å². The van der Waals surface area contributed by atoms with Crippen molar-refractivity contribution in [2.24, 2.45) is 0 Å². The molecule has 0 amide bonds. The Morgan fingerprint density at radius 2 is 1.24 bits per heavy atom. The first-order valence-corrected chi connectivity index (χ1v) is 7.91. The molecule has 0 saturated carbocycles. The maximum absolute atomic E-state index is 12.5. The lowest BCUT2D eigenvalue weighted by atomic mass is 10.1. The van der Waals surface area contributed by atoms with Gasteiger partial charge in [-0.15, -0.1) is 0 Å². The number of rotatable bonds is 4. The Morgan fingerprint density at radius 1 is 0.762 bits per heavy atom. The molecule has 2 rings (SSSR count). The Hall–Kier alpha value is -1.69. The first-order chi connectivity index (χ1) is 9.82. The zero-order chi connectivity index (χ0) is 15.6. The molecule has 0 saturated heterocycles. The molecule has 0 atom stereocenters. The van der Waals surface area contributed by atoms with E-state index < -0.39 is 20.3 Å². The van der Waals surface area contributed by atoms with Crippen LogP contribution in [0.5, 0.6) is 0 Å². The molecule has 0 bridgehead atoms. The third-order valence-electron chi connectivity index (χ3n) is 2.72. The molecule has 0 heterocycles. The Labute approximate surface area is 131 Å². The fourth-order valence-electron chi connectivity index (χ4n) is 1.72. The van der Waals surface area contributed by atoms with Crippen molar-refractivity contribution in [3.8, 4) is 0 Å². The van der Waals surface area contributed by atoms with Crippen LogP contribution in [0, 0.1) is 0 Å². The van der Waals surface area contributed by atoms with Gasteiger partial charge in [0, 0.05) is 11.1 Å². The van der Waals surface area contributed by atoms with Gasteiger partial charge in [-0.1, -0.05) is 18.2 Å². The molecule has 0 N–H and O–H groups in total. The van der Waals surface area contributed by atoms with E-state index in [-0.39, 0.29) is 20.9 Å². The summed E-state index contributed by atoms with van der Waals surface area (Å²) in [5, 5.41) is -1.75. The van der Waals surface area contributed by atoms with Gasteiger partial charge >= 0.3 is 0 Å². The summed E-state index contributed by atoms with van der Waals surface area (Å²) in [5.74, 6) is 0. The normalized spacial score (nSPS) is 11.1. The zero-order valence-corrected chi connectivity index (χ0v) is 12.7. The number of carbonyl (C=O) groups excluding carboxylic acids is 2. The number of benzene rings is 2. The summed E-state index contributed by atoms with van der Waals surface area (Å²) in [6.45, 7) is 0. The van der Waals surface area contributed by atoms with Crippen molar-refractivity contribution in [3.05, 3.63) is 59.7 Å². The summed E-state index contributed by atoms with van der Waals surface area (Å²) >= 11 is 10.7. The van der Waals surface area contributed by atoms with Gasteiger partial charge in [-0.05, 0) is 53.5 Å². The fourth-order valence-corrected chi connectivity index (χ4v) is 3.29. The van der Waals surface area contributed by atoms with E-state index in [0.29, 0.717) is 0 Å². The average Bonchev–Trinajstić information content (AvgIpc) is 2.47. The lowest BCUT2D eigenvalue weighted by molar-refractivity contribution is 0.108. The van der Waals surface area contributed by atoms with Crippen LogP contribution in [-0.2, 0) is 9.84 Å². The van der Waals surface area contributed by atoms with Crippen LogP contribution in [0.3, 0.4) is 0 Å². The van der Waals surface area contributed by atoms with Gasteiger partial charge < -0.3 is 0 Å². The van der Waals surface area contributed by atoms with Gasteiger partial charge in [0.2, 0.25) is 9.84 Å². The molecule has 21 heavy (non-hydrogen) atoms. The number of carbonyl (C=O) groups is 2. The summed E-state index contributed by atoms with van der Waals surface area (Å²) in [5.41, 5.74) is -0.227. The second-order valence-corrected chi connectivity index (χ2v) is 6.75. The maximum Gasteiger partial charge on any atom is 0.252 e. The molecule has 108 valence electrons. The third kappa shape index (κ3) is 3.32. The van der Waals surface area contributed by atoms with Crippen LogP contribution in [0.2, 0.25) is 0 Å². The minimum atomic E-state index is -3.87. The Balaban J connectivity index is 2.69. The molecule has 0 fully saturated rings. The van der Waals surface area contributed by atoms with Crippen LogP contribution in [0.4, 0.5) is 0 Å². The molecule has 2 aromatic rings. The lowest BCUT2D eigenvalue weighted by Crippen LogP contribution is -2.05. The standard InChI is InChI=1S/C14H8Cl2O4S/c15-13(17)9-6-10(14(16)18)8-12(7-9)21(19,20)11-4-2-1-3-5-11/h1-8H. The molecule has 2 aromatic carbocycles. The summed E-state index contributed by atoms with van der Waals surface area (Å²) in [7, 11) is -3.87. The van der Waals surface area contributed by atoms with E-state index in [2.05, 4.69) is 0 Å². The Bertz CT molecular complexity index is 782. The quantitative estimate of drug-likeness (QED) is 0.799. The summed E-state index contributed by atoms with van der Waals surface area (Å²) in [6.07, 6.45) is 0. The van der Waals surface area contributed by atoms with E-state index in [1.54, 1.807) is 18.2 Å². The first kappa shape index (κ1) is 15.7. The van der Waals surface area contributed by atoms with E-state index in [1.807, 2.05) is 0 Å². The Kier molecular flexibility index (Phi) is 4.46. The topological polar surface area (TPSA) is 68.3 Å². The van der Waals surface area contributed by atoms with Gasteiger partial charge in [0.05, 0.1) is 9.79 Å². The Morgan fingerprint density at radius 3 is 1.67 bits per heavy atom. The van der Waals surface area contributed by atoms with Gasteiger partial charge in [0.1, 0.15) is 0 Å². The molecular weight excluding hydrogens is 335 g/mol. The third-order valence-corrected chi connectivity index (χ3v) is 4.91. The lowest BCUT2D eigenvalue weighted by Gasteiger charge is -2.07. The highest BCUT2D eigenvalue weighted by Gasteiger charge is 2.21. The van der Waals surface area contributed by atoms with Crippen molar-refractivity contribution < 1.29 is 18.0 Å². The molecule has 0 unspecified atom stereocenters. The van der Waals surface area contributed by atoms with Gasteiger partial charge in [0.15, 0.2) is 0 Å². The van der Waals surface area contributed by atoms with Crippen molar-refractivity contribution in [3.63, 3.8) is 0 Å². The molecule has 4 nitrogen and oxygen atoms in total. The molecule has 7 heteroatoms. The van der Waals surface area contributed by atoms with E-state index in [1.165, 1.54) is 12.1 Å². The van der Waals surface area contributed by atoms with Crippen molar-refractivity contribution in [1.29, 1.82) is 0 Å². The van der Waals surface area contributed by atoms with Crippen LogP contribution < -0.4 is 0 Å². The molecule has 0 aromatic heterocycles. The zero-order valence-electron chi connectivity index (χ0n) is 10.4. The summed E-state index contributed by atoms with van der Waals surface area (Å²) < 4.78 is 24.9. The van der Waals surface area contributed by atoms with Crippen LogP contribution >= 0.6 is 23.2 Å².